The van der Waals surface area contributed by atoms with E-state index in [2.05, 4.69) is 4.90 Å². The maximum Gasteiger partial charge on any atom is 0.186 e. The predicted molar refractivity (Wildman–Crippen MR) is 120 cm³/mol. The van der Waals surface area contributed by atoms with Crippen LogP contribution in [0.4, 0.5) is 0 Å². The van der Waals surface area contributed by atoms with E-state index in [4.69, 9.17) is 37.9 Å². The molecule has 10 heteroatoms. The van der Waals surface area contributed by atoms with Crippen LogP contribution in [0.5, 0.6) is 0 Å². The van der Waals surface area contributed by atoms with E-state index < -0.39 is 30.9 Å². The average molecular weight is 484 g/mol. The maximum absolute atomic E-state index is 9.27. The van der Waals surface area contributed by atoms with E-state index in [9.17, 15) is 5.11 Å². The first kappa shape index (κ1) is 25.9. The van der Waals surface area contributed by atoms with E-state index in [-0.39, 0.29) is 12.7 Å². The molecule has 4 rings (SSSR count). The Kier molecular flexibility index (Phi) is 10.5. The van der Waals surface area contributed by atoms with Crippen molar-refractivity contribution < 1.29 is 43.0 Å². The molecule has 0 aliphatic carbocycles. The molecule has 0 amide bonds. The first-order valence-corrected chi connectivity index (χ1v) is 12.0. The summed E-state index contributed by atoms with van der Waals surface area (Å²) in [4.78, 5) is 2.11. The van der Waals surface area contributed by atoms with Gasteiger partial charge in [0.25, 0.3) is 0 Å². The minimum absolute atomic E-state index is 0.101. The van der Waals surface area contributed by atoms with Gasteiger partial charge < -0.3 is 43.0 Å². The zero-order valence-corrected chi connectivity index (χ0v) is 19.8. The molecular formula is C24H37NO9. The molecule has 3 heterocycles. The lowest BCUT2D eigenvalue weighted by Gasteiger charge is -2.48. The first-order chi connectivity index (χ1) is 16.8. The molecule has 1 aromatic rings. The molecule has 1 N–H and O–H groups in total. The molecule has 1 aromatic carbocycles. The Morgan fingerprint density at radius 2 is 1.56 bits per heavy atom. The lowest BCUT2D eigenvalue weighted by Crippen LogP contribution is -2.63. The van der Waals surface area contributed by atoms with Gasteiger partial charge in [0.1, 0.15) is 24.4 Å². The Morgan fingerprint density at radius 3 is 2.24 bits per heavy atom. The van der Waals surface area contributed by atoms with E-state index >= 15 is 0 Å². The van der Waals surface area contributed by atoms with Gasteiger partial charge in [-0.3, -0.25) is 4.90 Å². The molecule has 0 bridgehead atoms. The molecular weight excluding hydrogens is 446 g/mol. The first-order valence-electron chi connectivity index (χ1n) is 12.0. The molecule has 0 aromatic heterocycles. The molecule has 3 aliphatic rings. The van der Waals surface area contributed by atoms with Gasteiger partial charge in [0, 0.05) is 32.3 Å². The van der Waals surface area contributed by atoms with Crippen LogP contribution in [0.1, 0.15) is 11.9 Å². The fourth-order valence-corrected chi connectivity index (χ4v) is 4.44. The number of β-amino-alcohol motifs (C(OH)–C–C–N with tert-alkyl or cyclic N) is 1. The van der Waals surface area contributed by atoms with Gasteiger partial charge in [0.05, 0.1) is 52.9 Å². The zero-order valence-electron chi connectivity index (χ0n) is 19.8. The Morgan fingerprint density at radius 1 is 0.853 bits per heavy atom. The molecule has 6 atom stereocenters. The van der Waals surface area contributed by atoms with Crippen molar-refractivity contribution in [3.05, 3.63) is 35.9 Å². The number of fused-ring (bicyclic) bond motifs is 3. The zero-order chi connectivity index (χ0) is 23.6. The van der Waals surface area contributed by atoms with Gasteiger partial charge >= 0.3 is 0 Å². The Balaban J connectivity index is 1.44. The lowest BCUT2D eigenvalue weighted by molar-refractivity contribution is -0.368. The van der Waals surface area contributed by atoms with Crippen molar-refractivity contribution in [3.8, 4) is 0 Å². The van der Waals surface area contributed by atoms with E-state index in [1.807, 2.05) is 30.3 Å². The van der Waals surface area contributed by atoms with Crippen molar-refractivity contribution in [3.63, 3.8) is 0 Å². The molecule has 34 heavy (non-hydrogen) atoms. The SMILES string of the molecule is CO[C@H]1O[C@@H]2CO[C@@H](c3ccccc3)O[C@H]2[C@@H]2OCCOCCN(CCO)CCOCCO[C@H]12. The number of hydrogen-bond donors (Lipinski definition) is 1. The molecule has 10 nitrogen and oxygen atoms in total. The van der Waals surface area contributed by atoms with Crippen LogP contribution >= 0.6 is 0 Å². The molecule has 0 unspecified atom stereocenters. The van der Waals surface area contributed by atoms with E-state index in [0.29, 0.717) is 52.8 Å². The number of ether oxygens (including phenoxy) is 8. The summed E-state index contributed by atoms with van der Waals surface area (Å²) in [6.07, 6.45) is -2.81. The maximum atomic E-state index is 9.27. The smallest absolute Gasteiger partial charge is 0.186 e. The molecule has 3 aliphatic heterocycles. The largest absolute Gasteiger partial charge is 0.395 e. The molecule has 192 valence electrons. The summed E-state index contributed by atoms with van der Waals surface area (Å²) < 4.78 is 48.1. The van der Waals surface area contributed by atoms with Crippen LogP contribution in [-0.2, 0) is 37.9 Å². The number of aliphatic hydroxyl groups excluding tert-OH is 1. The van der Waals surface area contributed by atoms with Crippen molar-refractivity contribution in [2.24, 2.45) is 0 Å². The summed E-state index contributed by atoms with van der Waals surface area (Å²) in [5, 5.41) is 9.27. The Bertz CT molecular complexity index is 696. The molecule has 3 saturated heterocycles. The fourth-order valence-electron chi connectivity index (χ4n) is 4.44. The van der Waals surface area contributed by atoms with Crippen LogP contribution in [0.15, 0.2) is 30.3 Å². The van der Waals surface area contributed by atoms with Crippen LogP contribution in [0.3, 0.4) is 0 Å². The van der Waals surface area contributed by atoms with Crippen LogP contribution in [0.25, 0.3) is 0 Å². The van der Waals surface area contributed by atoms with Crippen molar-refractivity contribution in [2.45, 2.75) is 37.0 Å². The Labute approximate surface area is 200 Å². The topological polar surface area (TPSA) is 97.3 Å². The van der Waals surface area contributed by atoms with Crippen molar-refractivity contribution in [1.29, 1.82) is 0 Å². The number of aliphatic hydroxyl groups is 1. The third-order valence-electron chi connectivity index (χ3n) is 6.18. The summed E-state index contributed by atoms with van der Waals surface area (Å²) in [7, 11) is 1.59. The number of rotatable bonds is 4. The fraction of sp³-hybridized carbons (Fsp3) is 0.750. The van der Waals surface area contributed by atoms with Crippen molar-refractivity contribution >= 4 is 0 Å². The van der Waals surface area contributed by atoms with Gasteiger partial charge in [0.15, 0.2) is 12.6 Å². The van der Waals surface area contributed by atoms with Gasteiger partial charge in [-0.1, -0.05) is 30.3 Å². The molecule has 3 fully saturated rings. The highest BCUT2D eigenvalue weighted by Gasteiger charge is 2.51. The van der Waals surface area contributed by atoms with Crippen LogP contribution < -0.4 is 0 Å². The highest BCUT2D eigenvalue weighted by Crippen LogP contribution is 2.36. The van der Waals surface area contributed by atoms with E-state index in [1.165, 1.54) is 0 Å². The molecule has 0 saturated carbocycles. The monoisotopic (exact) mass is 483 g/mol. The third-order valence-corrected chi connectivity index (χ3v) is 6.18. The van der Waals surface area contributed by atoms with Gasteiger partial charge in [-0.2, -0.15) is 0 Å². The Hall–Kier alpha value is -1.18. The summed E-state index contributed by atoms with van der Waals surface area (Å²) in [5.41, 5.74) is 0.939. The summed E-state index contributed by atoms with van der Waals surface area (Å²) in [6, 6.07) is 9.82. The minimum atomic E-state index is -0.622. The van der Waals surface area contributed by atoms with Crippen LogP contribution in [0.2, 0.25) is 0 Å². The second-order valence-corrected chi connectivity index (χ2v) is 8.42. The molecule has 0 radical (unpaired) electrons. The van der Waals surface area contributed by atoms with Gasteiger partial charge in [-0.05, 0) is 0 Å². The van der Waals surface area contributed by atoms with Crippen molar-refractivity contribution in [2.75, 3.05) is 79.6 Å². The highest BCUT2D eigenvalue weighted by atomic mass is 16.8. The lowest BCUT2D eigenvalue weighted by atomic mass is 9.97. The standard InChI is InChI=1S/C24H37NO9/c1-27-24-22-21(20-19(33-24)17-32-23(34-20)18-5-3-2-4-6-18)30-15-13-28-11-8-25(7-10-26)9-12-29-14-16-31-22/h2-6,19-24,26H,7-17H2,1H3/t19-,20-,21+,22+,23-,24+/m1/s1. The number of benzene rings is 1. The summed E-state index contributed by atoms with van der Waals surface area (Å²) in [5.74, 6) is 0. The highest BCUT2D eigenvalue weighted by molar-refractivity contribution is 5.16. The minimum Gasteiger partial charge on any atom is -0.395 e. The molecule has 0 spiro atoms. The van der Waals surface area contributed by atoms with E-state index in [0.717, 1.165) is 18.7 Å². The van der Waals surface area contributed by atoms with Gasteiger partial charge in [-0.25, -0.2) is 0 Å². The third kappa shape index (κ3) is 6.94. The van der Waals surface area contributed by atoms with E-state index in [1.54, 1.807) is 7.11 Å². The predicted octanol–water partition coefficient (Wildman–Crippen LogP) is 0.583. The number of methoxy groups -OCH3 is 1. The van der Waals surface area contributed by atoms with Crippen LogP contribution in [-0.4, -0.2) is 120 Å². The quantitative estimate of drug-likeness (QED) is 0.655. The second-order valence-electron chi connectivity index (χ2n) is 8.42. The van der Waals surface area contributed by atoms with Gasteiger partial charge in [-0.15, -0.1) is 0 Å². The van der Waals surface area contributed by atoms with Crippen LogP contribution in [0, 0.1) is 0 Å². The summed E-state index contributed by atoms with van der Waals surface area (Å²) >= 11 is 0. The van der Waals surface area contributed by atoms with Crippen molar-refractivity contribution in [1.82, 2.24) is 4.90 Å². The second kappa shape index (κ2) is 13.8. The normalized spacial score (nSPS) is 34.9. The number of hydrogen-bond acceptors (Lipinski definition) is 10. The average Bonchev–Trinajstić information content (AvgIpc) is 2.88. The summed E-state index contributed by atoms with van der Waals surface area (Å²) in [6.45, 7) is 5.16. The van der Waals surface area contributed by atoms with Gasteiger partial charge in [0.2, 0.25) is 0 Å². The number of nitrogens with zero attached hydrogens (tertiary/aromatic N) is 1.